The van der Waals surface area contributed by atoms with Crippen molar-refractivity contribution in [2.45, 2.75) is 21.5 Å². The van der Waals surface area contributed by atoms with Crippen LogP contribution in [-0.4, -0.2) is 36.0 Å². The summed E-state index contributed by atoms with van der Waals surface area (Å²) in [6.45, 7) is 0. The Morgan fingerprint density at radius 3 is 1.66 bits per heavy atom. The van der Waals surface area contributed by atoms with E-state index in [9.17, 15) is 9.59 Å². The molecule has 2 N–H and O–H groups in total. The molecule has 0 radical (unpaired) electrons. The van der Waals surface area contributed by atoms with E-state index in [0.717, 1.165) is 55.9 Å². The molecule has 0 fully saturated rings. The summed E-state index contributed by atoms with van der Waals surface area (Å²) in [6.07, 6.45) is -0.154. The highest BCUT2D eigenvalue weighted by Gasteiger charge is 2.14. The zero-order chi connectivity index (χ0) is 22.5. The summed E-state index contributed by atoms with van der Waals surface area (Å²) in [5.74, 6) is -1.02. The normalized spacial score (nSPS) is 10.9. The molecule has 8 nitrogen and oxygen atoms in total. The molecule has 4 aromatic rings. The van der Waals surface area contributed by atoms with Crippen molar-refractivity contribution in [1.82, 2.24) is 9.97 Å². The number of hydrogen-bond donors (Lipinski definition) is 2. The summed E-state index contributed by atoms with van der Waals surface area (Å²) in [7, 11) is 3.70. The molecule has 0 unspecified atom stereocenters. The van der Waals surface area contributed by atoms with Crippen LogP contribution in [0.2, 0.25) is 0 Å². The molecule has 0 aliphatic carbocycles. The predicted octanol–water partition coefficient (Wildman–Crippen LogP) is 5.57. The molecular weight excluding hydrogens is 489 g/mol. The molecule has 0 saturated heterocycles. The van der Waals surface area contributed by atoms with E-state index in [4.69, 9.17) is 8.37 Å². The fraction of sp³-hybridized carbons (Fsp3) is 0.200. The van der Waals surface area contributed by atoms with Gasteiger partial charge in [0.2, 0.25) is 0 Å². The molecule has 2 aromatic heterocycles. The van der Waals surface area contributed by atoms with Crippen LogP contribution >= 0.6 is 46.8 Å². The van der Waals surface area contributed by atoms with Gasteiger partial charge in [0.15, 0.2) is 8.68 Å². The zero-order valence-electron chi connectivity index (χ0n) is 17.0. The van der Waals surface area contributed by atoms with E-state index in [2.05, 4.69) is 20.6 Å². The van der Waals surface area contributed by atoms with Gasteiger partial charge >= 0.3 is 11.9 Å². The van der Waals surface area contributed by atoms with Gasteiger partial charge in [0.05, 0.1) is 33.3 Å². The van der Waals surface area contributed by atoms with Crippen LogP contribution in [0.4, 0.5) is 11.4 Å². The first-order valence-corrected chi connectivity index (χ1v) is 12.6. The lowest BCUT2D eigenvalue weighted by Gasteiger charge is -2.01. The van der Waals surface area contributed by atoms with Crippen molar-refractivity contribution in [2.75, 3.05) is 24.7 Å². The number of benzene rings is 2. The third-order valence-electron chi connectivity index (χ3n) is 4.26. The van der Waals surface area contributed by atoms with E-state index < -0.39 is 11.9 Å². The lowest BCUT2D eigenvalue weighted by Crippen LogP contribution is -2.05. The average Bonchev–Trinajstić information content (AvgIpc) is 3.41. The number of thiazole rings is 2. The Balaban J connectivity index is 1.21. The van der Waals surface area contributed by atoms with Crippen molar-refractivity contribution in [2.24, 2.45) is 0 Å². The van der Waals surface area contributed by atoms with Crippen LogP contribution < -0.4 is 10.6 Å². The molecule has 4 rings (SSSR count). The Morgan fingerprint density at radius 1 is 0.812 bits per heavy atom. The highest BCUT2D eigenvalue weighted by atomic mass is 32.2. The maximum Gasteiger partial charge on any atom is 0.318 e. The number of rotatable bonds is 9. The number of carbonyl (C=O) groups excluding carboxylic acids is 2. The molecule has 0 saturated carbocycles. The van der Waals surface area contributed by atoms with E-state index in [1.54, 1.807) is 0 Å². The third-order valence-corrected chi connectivity index (χ3v) is 7.80. The van der Waals surface area contributed by atoms with Crippen LogP contribution in [0.25, 0.3) is 20.4 Å². The maximum atomic E-state index is 12.0. The van der Waals surface area contributed by atoms with Gasteiger partial charge in [-0.25, -0.2) is 9.97 Å². The van der Waals surface area contributed by atoms with Crippen molar-refractivity contribution < 1.29 is 18.0 Å². The Hall–Kier alpha value is -2.54. The highest BCUT2D eigenvalue weighted by molar-refractivity contribution is 7.97. The van der Waals surface area contributed by atoms with Gasteiger partial charge in [-0.2, -0.15) is 0 Å². The molecule has 0 aliphatic rings. The van der Waals surface area contributed by atoms with Crippen LogP contribution in [0.5, 0.6) is 0 Å². The van der Waals surface area contributed by atoms with E-state index in [1.165, 1.54) is 22.7 Å². The third kappa shape index (κ3) is 5.63. The molecule has 0 aliphatic heterocycles. The predicted molar refractivity (Wildman–Crippen MR) is 131 cm³/mol. The quantitative estimate of drug-likeness (QED) is 0.280. The first kappa shape index (κ1) is 22.6. The van der Waals surface area contributed by atoms with Crippen molar-refractivity contribution in [3.63, 3.8) is 0 Å². The van der Waals surface area contributed by atoms with Crippen molar-refractivity contribution in [3.8, 4) is 0 Å². The smallest absolute Gasteiger partial charge is 0.318 e. The van der Waals surface area contributed by atoms with Crippen LogP contribution in [0.3, 0.4) is 0 Å². The summed E-state index contributed by atoms with van der Waals surface area (Å²) in [4.78, 5) is 32.8. The monoisotopic (exact) mass is 506 g/mol. The minimum absolute atomic E-state index is 0.0768. The molecule has 0 bridgehead atoms. The minimum atomic E-state index is -0.508. The summed E-state index contributed by atoms with van der Waals surface area (Å²) >= 11 is 4.67. The van der Waals surface area contributed by atoms with Gasteiger partial charge in [0.25, 0.3) is 0 Å². The summed E-state index contributed by atoms with van der Waals surface area (Å²) < 4.78 is 13.6. The van der Waals surface area contributed by atoms with E-state index in [1.807, 2.05) is 50.5 Å². The lowest BCUT2D eigenvalue weighted by atomic mass is 10.3. The molecule has 2 aromatic carbocycles. The maximum absolute atomic E-state index is 12.0. The van der Waals surface area contributed by atoms with Crippen molar-refractivity contribution in [1.29, 1.82) is 0 Å². The Bertz CT molecular complexity index is 1180. The second-order valence-corrected chi connectivity index (χ2v) is 10.4. The van der Waals surface area contributed by atoms with Gasteiger partial charge in [-0.1, -0.05) is 0 Å². The molecule has 32 heavy (non-hydrogen) atoms. The number of carbonyl (C=O) groups is 2. The zero-order valence-corrected chi connectivity index (χ0v) is 20.3. The number of aromatic nitrogens is 2. The molecule has 166 valence electrons. The minimum Gasteiger partial charge on any atom is -0.388 e. The SMILES string of the molecule is CNc1ccc2nc(SOC(=O)CCC(=O)OSc3nc4ccc(NC)cc4s3)sc2c1. The number of hydrogen-bond acceptors (Lipinski definition) is 12. The second kappa shape index (κ2) is 10.4. The number of nitrogens with zero attached hydrogens (tertiary/aromatic N) is 2. The Kier molecular flexibility index (Phi) is 7.35. The number of fused-ring (bicyclic) bond motifs is 2. The molecule has 0 spiro atoms. The van der Waals surface area contributed by atoms with E-state index >= 15 is 0 Å². The van der Waals surface area contributed by atoms with Gasteiger partial charge in [-0.3, -0.25) is 9.59 Å². The van der Waals surface area contributed by atoms with Crippen molar-refractivity contribution in [3.05, 3.63) is 36.4 Å². The average molecular weight is 507 g/mol. The first-order chi connectivity index (χ1) is 15.5. The highest BCUT2D eigenvalue weighted by Crippen LogP contribution is 2.33. The number of nitrogens with one attached hydrogen (secondary N) is 2. The fourth-order valence-electron chi connectivity index (χ4n) is 2.64. The van der Waals surface area contributed by atoms with Gasteiger partial charge < -0.3 is 19.0 Å². The van der Waals surface area contributed by atoms with Crippen molar-refractivity contribution >= 4 is 90.5 Å². The molecule has 12 heteroatoms. The lowest BCUT2D eigenvalue weighted by molar-refractivity contribution is -0.139. The van der Waals surface area contributed by atoms with Gasteiger partial charge in [0.1, 0.15) is 24.1 Å². The van der Waals surface area contributed by atoms with Crippen LogP contribution in [0.1, 0.15) is 12.8 Å². The summed E-state index contributed by atoms with van der Waals surface area (Å²) in [5.41, 5.74) is 3.65. The van der Waals surface area contributed by atoms with Crippen LogP contribution in [0, 0.1) is 0 Å². The largest absolute Gasteiger partial charge is 0.388 e. The van der Waals surface area contributed by atoms with Gasteiger partial charge in [-0.05, 0) is 36.4 Å². The van der Waals surface area contributed by atoms with Gasteiger partial charge in [0, 0.05) is 25.5 Å². The van der Waals surface area contributed by atoms with Crippen LogP contribution in [-0.2, 0) is 18.0 Å². The standard InChI is InChI=1S/C20H18N4O4S4/c1-21-11-3-5-13-15(9-11)29-19(23-13)31-27-17(25)7-8-18(26)28-32-20-24-14-6-4-12(22-2)10-16(14)30-20/h3-6,9-10,21-22H,7-8H2,1-2H3. The molecule has 0 atom stereocenters. The Morgan fingerprint density at radius 2 is 1.25 bits per heavy atom. The topological polar surface area (TPSA) is 102 Å². The summed E-state index contributed by atoms with van der Waals surface area (Å²) in [6, 6.07) is 11.6. The fourth-order valence-corrected chi connectivity index (χ4v) is 5.89. The second-order valence-electron chi connectivity index (χ2n) is 6.40. The Labute approximate surface area is 200 Å². The molecular formula is C20H18N4O4S4. The van der Waals surface area contributed by atoms with E-state index in [0.29, 0.717) is 8.68 Å². The van der Waals surface area contributed by atoms with Crippen LogP contribution in [0.15, 0.2) is 45.1 Å². The summed E-state index contributed by atoms with van der Waals surface area (Å²) in [5, 5.41) is 6.15. The molecule has 0 amide bonds. The van der Waals surface area contributed by atoms with E-state index in [-0.39, 0.29) is 12.8 Å². The first-order valence-electron chi connectivity index (χ1n) is 9.45. The van der Waals surface area contributed by atoms with Gasteiger partial charge in [-0.15, -0.1) is 22.7 Å². The molecule has 2 heterocycles. The number of anilines is 2.